The number of alkyl halides is 3. The Balaban J connectivity index is 1.47. The predicted octanol–water partition coefficient (Wildman–Crippen LogP) is 2.18. The van der Waals surface area contributed by atoms with Crippen LogP contribution in [0.15, 0.2) is 30.5 Å². The largest absolute Gasteiger partial charge is 0.416 e. The van der Waals surface area contributed by atoms with E-state index in [9.17, 15) is 22.8 Å². The Morgan fingerprint density at radius 3 is 2.43 bits per heavy atom. The SMILES string of the molecule is O=C(NC1CC1)C(=O)N1CCN(c2ccnc3cc(C(F)(F)F)ccc23)CC1. The van der Waals surface area contributed by atoms with E-state index in [2.05, 4.69) is 10.3 Å². The number of benzene rings is 1. The zero-order valence-corrected chi connectivity index (χ0v) is 15.0. The van der Waals surface area contributed by atoms with Crippen molar-refractivity contribution in [2.24, 2.45) is 0 Å². The quantitative estimate of drug-likeness (QED) is 0.796. The summed E-state index contributed by atoms with van der Waals surface area (Å²) in [5.74, 6) is -1.09. The Hall–Kier alpha value is -2.84. The average molecular weight is 392 g/mol. The van der Waals surface area contributed by atoms with Crippen molar-refractivity contribution in [3.63, 3.8) is 0 Å². The molecule has 1 saturated heterocycles. The second-order valence-corrected chi connectivity index (χ2v) is 7.09. The molecule has 2 amide bonds. The van der Waals surface area contributed by atoms with E-state index in [1.54, 1.807) is 6.07 Å². The fourth-order valence-electron chi connectivity index (χ4n) is 3.35. The Kier molecular flexibility index (Phi) is 4.60. The van der Waals surface area contributed by atoms with Crippen molar-refractivity contribution in [3.05, 3.63) is 36.0 Å². The molecule has 1 saturated carbocycles. The lowest BCUT2D eigenvalue weighted by Gasteiger charge is -2.36. The maximum absolute atomic E-state index is 12.9. The van der Waals surface area contributed by atoms with Crippen LogP contribution in [0.1, 0.15) is 18.4 Å². The van der Waals surface area contributed by atoms with Crippen molar-refractivity contribution in [3.8, 4) is 0 Å². The standard InChI is InChI=1S/C19H19F3N4O2/c20-19(21,22)12-1-4-14-15(11-12)23-6-5-16(14)25-7-9-26(10-8-25)18(28)17(27)24-13-2-3-13/h1,4-6,11,13H,2-3,7-10H2,(H,24,27). The minimum atomic E-state index is -4.42. The van der Waals surface area contributed by atoms with Crippen molar-refractivity contribution in [1.82, 2.24) is 15.2 Å². The smallest absolute Gasteiger partial charge is 0.367 e. The van der Waals surface area contributed by atoms with Gasteiger partial charge in [-0.15, -0.1) is 0 Å². The molecule has 148 valence electrons. The highest BCUT2D eigenvalue weighted by molar-refractivity contribution is 6.35. The van der Waals surface area contributed by atoms with Gasteiger partial charge in [-0.05, 0) is 31.0 Å². The Morgan fingerprint density at radius 1 is 1.07 bits per heavy atom. The van der Waals surface area contributed by atoms with Crippen LogP contribution in [0.4, 0.5) is 18.9 Å². The number of hydrogen-bond donors (Lipinski definition) is 1. The number of aromatic nitrogens is 1. The number of halogens is 3. The molecule has 4 rings (SSSR count). The number of amides is 2. The summed E-state index contributed by atoms with van der Waals surface area (Å²) < 4.78 is 38.8. The molecule has 1 aliphatic carbocycles. The maximum Gasteiger partial charge on any atom is 0.416 e. The molecular weight excluding hydrogens is 373 g/mol. The van der Waals surface area contributed by atoms with Crippen LogP contribution in [0.2, 0.25) is 0 Å². The van der Waals surface area contributed by atoms with E-state index in [1.807, 2.05) is 4.90 Å². The lowest BCUT2D eigenvalue weighted by molar-refractivity contribution is -0.146. The summed E-state index contributed by atoms with van der Waals surface area (Å²) in [5, 5.41) is 3.32. The Morgan fingerprint density at radius 2 is 1.79 bits per heavy atom. The van der Waals surface area contributed by atoms with Crippen molar-refractivity contribution in [1.29, 1.82) is 0 Å². The first-order valence-corrected chi connectivity index (χ1v) is 9.13. The minimum Gasteiger partial charge on any atom is -0.367 e. The van der Waals surface area contributed by atoms with Crippen molar-refractivity contribution in [2.45, 2.75) is 25.1 Å². The molecule has 2 fully saturated rings. The highest BCUT2D eigenvalue weighted by atomic mass is 19.4. The van der Waals surface area contributed by atoms with Crippen LogP contribution in [-0.4, -0.2) is 53.9 Å². The number of fused-ring (bicyclic) bond motifs is 1. The lowest BCUT2D eigenvalue weighted by atomic mass is 10.1. The number of carbonyl (C=O) groups is 2. The van der Waals surface area contributed by atoms with Gasteiger partial charge in [0.05, 0.1) is 11.1 Å². The van der Waals surface area contributed by atoms with Gasteiger partial charge in [-0.3, -0.25) is 14.6 Å². The monoisotopic (exact) mass is 392 g/mol. The van der Waals surface area contributed by atoms with E-state index >= 15 is 0 Å². The van der Waals surface area contributed by atoms with E-state index in [0.717, 1.165) is 30.7 Å². The molecule has 2 aromatic rings. The van der Waals surface area contributed by atoms with Gasteiger partial charge in [-0.1, -0.05) is 6.07 Å². The fraction of sp³-hybridized carbons (Fsp3) is 0.421. The van der Waals surface area contributed by atoms with Gasteiger partial charge in [0.15, 0.2) is 0 Å². The summed E-state index contributed by atoms with van der Waals surface area (Å²) in [5.41, 5.74) is 0.310. The van der Waals surface area contributed by atoms with Gasteiger partial charge < -0.3 is 15.1 Å². The Bertz CT molecular complexity index is 919. The van der Waals surface area contributed by atoms with Gasteiger partial charge in [0.25, 0.3) is 0 Å². The lowest BCUT2D eigenvalue weighted by Crippen LogP contribution is -2.53. The van der Waals surface area contributed by atoms with Gasteiger partial charge in [-0.25, -0.2) is 0 Å². The van der Waals surface area contributed by atoms with Crippen LogP contribution in [0, 0.1) is 0 Å². The number of carbonyl (C=O) groups excluding carboxylic acids is 2. The summed E-state index contributed by atoms with van der Waals surface area (Å²) in [7, 11) is 0. The summed E-state index contributed by atoms with van der Waals surface area (Å²) in [4.78, 5) is 31.7. The van der Waals surface area contributed by atoms with E-state index in [-0.39, 0.29) is 11.6 Å². The molecule has 2 heterocycles. The molecule has 0 unspecified atom stereocenters. The molecule has 6 nitrogen and oxygen atoms in total. The number of nitrogens with one attached hydrogen (secondary N) is 1. The molecule has 28 heavy (non-hydrogen) atoms. The molecule has 0 bridgehead atoms. The average Bonchev–Trinajstić information content (AvgIpc) is 3.50. The molecule has 0 spiro atoms. The van der Waals surface area contributed by atoms with Crippen LogP contribution in [-0.2, 0) is 15.8 Å². The molecule has 1 aromatic heterocycles. The first-order chi connectivity index (χ1) is 13.3. The van der Waals surface area contributed by atoms with Crippen LogP contribution >= 0.6 is 0 Å². The first kappa shape index (κ1) is 18.5. The van der Waals surface area contributed by atoms with Crippen LogP contribution in [0.5, 0.6) is 0 Å². The maximum atomic E-state index is 12.9. The molecule has 1 aromatic carbocycles. The highest BCUT2D eigenvalue weighted by Gasteiger charge is 2.32. The molecule has 1 aliphatic heterocycles. The van der Waals surface area contributed by atoms with E-state index in [1.165, 1.54) is 17.2 Å². The highest BCUT2D eigenvalue weighted by Crippen LogP contribution is 2.33. The van der Waals surface area contributed by atoms with Crippen molar-refractivity contribution in [2.75, 3.05) is 31.1 Å². The van der Waals surface area contributed by atoms with Crippen LogP contribution in [0.3, 0.4) is 0 Å². The molecule has 0 radical (unpaired) electrons. The Labute approximate surface area is 159 Å². The van der Waals surface area contributed by atoms with Gasteiger partial charge in [0.1, 0.15) is 0 Å². The molecule has 9 heteroatoms. The van der Waals surface area contributed by atoms with Crippen molar-refractivity contribution >= 4 is 28.4 Å². The predicted molar refractivity (Wildman–Crippen MR) is 96.7 cm³/mol. The summed E-state index contributed by atoms with van der Waals surface area (Å²) in [6, 6.07) is 5.41. The number of rotatable bonds is 2. The molecule has 0 atom stereocenters. The third kappa shape index (κ3) is 3.74. The van der Waals surface area contributed by atoms with E-state index in [4.69, 9.17) is 0 Å². The fourth-order valence-corrected chi connectivity index (χ4v) is 3.35. The topological polar surface area (TPSA) is 65.5 Å². The van der Waals surface area contributed by atoms with Crippen molar-refractivity contribution < 1.29 is 22.8 Å². The number of hydrogen-bond acceptors (Lipinski definition) is 4. The molecular formula is C19H19F3N4O2. The second kappa shape index (κ2) is 6.96. The van der Waals surface area contributed by atoms with E-state index < -0.39 is 23.6 Å². The second-order valence-electron chi connectivity index (χ2n) is 7.09. The number of anilines is 1. The molecule has 2 aliphatic rings. The number of piperazine rings is 1. The normalized spacial score (nSPS) is 17.7. The third-order valence-electron chi connectivity index (χ3n) is 5.06. The summed E-state index contributed by atoms with van der Waals surface area (Å²) >= 11 is 0. The summed E-state index contributed by atoms with van der Waals surface area (Å²) in [6.07, 6.45) is -1.10. The molecule has 1 N–H and O–H groups in total. The zero-order chi connectivity index (χ0) is 19.9. The van der Waals surface area contributed by atoms with Gasteiger partial charge >= 0.3 is 18.0 Å². The van der Waals surface area contributed by atoms with Gasteiger partial charge in [-0.2, -0.15) is 13.2 Å². The number of nitrogens with zero attached hydrogens (tertiary/aromatic N) is 3. The van der Waals surface area contributed by atoms with E-state index in [0.29, 0.717) is 31.6 Å². The summed E-state index contributed by atoms with van der Waals surface area (Å²) in [6.45, 7) is 1.73. The first-order valence-electron chi connectivity index (χ1n) is 9.13. The number of pyridine rings is 1. The van der Waals surface area contributed by atoms with Crippen LogP contribution in [0.25, 0.3) is 10.9 Å². The van der Waals surface area contributed by atoms with Crippen LogP contribution < -0.4 is 10.2 Å². The minimum absolute atomic E-state index is 0.127. The zero-order valence-electron chi connectivity index (χ0n) is 15.0. The van der Waals surface area contributed by atoms with Gasteiger partial charge in [0.2, 0.25) is 0 Å². The third-order valence-corrected chi connectivity index (χ3v) is 5.06. The van der Waals surface area contributed by atoms with Gasteiger partial charge in [0, 0.05) is 49.5 Å².